The van der Waals surface area contributed by atoms with E-state index in [1.807, 2.05) is 45.9 Å². The van der Waals surface area contributed by atoms with E-state index in [-0.39, 0.29) is 35.2 Å². The summed E-state index contributed by atoms with van der Waals surface area (Å²) in [6, 6.07) is 18.9. The van der Waals surface area contributed by atoms with Crippen molar-refractivity contribution in [3.05, 3.63) is 242 Å². The fraction of sp³-hybridized carbons (Fsp3) is 0.314. The first-order chi connectivity index (χ1) is 42.4. The number of carbonyl (C=O) groups is 4. The molecule has 1 amide bonds. The summed E-state index contributed by atoms with van der Waals surface area (Å²) in [5, 5.41) is 19.1. The number of methoxy groups -OCH3 is 2. The van der Waals surface area contributed by atoms with Crippen LogP contribution in [0.4, 0.5) is 17.6 Å². The zero-order chi connectivity index (χ0) is 64.6. The molecule has 0 fully saturated rings. The summed E-state index contributed by atoms with van der Waals surface area (Å²) in [5.74, 6) is -3.62. The Morgan fingerprint density at radius 1 is 0.427 bits per heavy atom. The first-order valence-corrected chi connectivity index (χ1v) is 29.0. The summed E-state index contributed by atoms with van der Waals surface area (Å²) >= 11 is 0. The molecule has 3 N–H and O–H groups in total. The fourth-order valence-corrected chi connectivity index (χ4v) is 12.4. The van der Waals surface area contributed by atoms with Gasteiger partial charge in [-0.15, -0.1) is 0 Å². The van der Waals surface area contributed by atoms with Gasteiger partial charge in [-0.05, 0) is 192 Å². The number of amides is 1. The lowest BCUT2D eigenvalue weighted by Gasteiger charge is -2.27. The molecule has 0 radical (unpaired) electrons. The standard InChI is InChI=1S/C19H19FN2O2.C18H18FN3O2.C18H17FN2O2.C15H17FO2/c1-12-10-22-17(11-21-12)14-7-8-19(9-14,18(23)24-3)15-5-4-6-16(20)13(15)2;1-11-9-21-16(10-20-11)13-6-7-18(8-13,17(23)22-24)14-4-3-5-15(19)12(14)2;1-11-9-21-16(10-20-11)13-6-7-18(8-13,17(22)23)14-4-3-5-15(19)12(14)2;1-10-7-8-15(9-10,14(17)18-3)12-5-4-6-13(16)11(12)2/h4-6,9-11H,7-8H2,1-3H3;3-5,8-10,24H,6-7H2,1-2H3,(H,22,23);3-5,8-10H,6-7H2,1-2H3,(H,22,23);4-6,9H,7-8H2,1-3H3/t19-;2*18-;15-/m1111/s1. The van der Waals surface area contributed by atoms with Crippen molar-refractivity contribution in [1.82, 2.24) is 35.4 Å². The van der Waals surface area contributed by atoms with Crippen molar-refractivity contribution in [1.29, 1.82) is 0 Å². The second-order valence-corrected chi connectivity index (χ2v) is 22.9. The quantitative estimate of drug-likeness (QED) is 0.0361. The number of carbonyl (C=O) groups excluding carboxylic acids is 3. The summed E-state index contributed by atoms with van der Waals surface area (Å²) in [7, 11) is 2.73. The average molecular weight is 1210 g/mol. The van der Waals surface area contributed by atoms with Crippen LogP contribution in [-0.4, -0.2) is 78.3 Å². The normalized spacial score (nSPS) is 20.6. The predicted octanol–water partition coefficient (Wildman–Crippen LogP) is 13.1. The molecule has 89 heavy (non-hydrogen) atoms. The lowest BCUT2D eigenvalue weighted by Crippen LogP contribution is -2.41. The Balaban J connectivity index is 0.000000154. The van der Waals surface area contributed by atoms with E-state index >= 15 is 0 Å². The van der Waals surface area contributed by atoms with Crippen molar-refractivity contribution in [2.24, 2.45) is 0 Å². The van der Waals surface area contributed by atoms with Crippen LogP contribution in [0.3, 0.4) is 0 Å². The molecule has 0 saturated heterocycles. The van der Waals surface area contributed by atoms with Crippen LogP contribution in [0.15, 0.2) is 140 Å². The molecule has 0 bridgehead atoms. The maximum Gasteiger partial charge on any atom is 0.320 e. The summed E-state index contributed by atoms with van der Waals surface area (Å²) in [6.45, 7) is 14.2. The number of rotatable bonds is 11. The van der Waals surface area contributed by atoms with Gasteiger partial charge in [-0.3, -0.25) is 54.3 Å². The average Bonchev–Trinajstić information content (AvgIpc) is 1.80. The minimum absolute atomic E-state index is 0.284. The van der Waals surface area contributed by atoms with E-state index < -0.39 is 33.5 Å². The fourth-order valence-electron chi connectivity index (χ4n) is 12.4. The van der Waals surface area contributed by atoms with Gasteiger partial charge in [0.05, 0.1) is 72.4 Å². The predicted molar refractivity (Wildman–Crippen MR) is 328 cm³/mol. The molecule has 11 rings (SSSR count). The van der Waals surface area contributed by atoms with Gasteiger partial charge in [-0.25, -0.2) is 23.0 Å². The zero-order valence-electron chi connectivity index (χ0n) is 51.4. The van der Waals surface area contributed by atoms with Crippen molar-refractivity contribution in [2.45, 2.75) is 128 Å². The first-order valence-electron chi connectivity index (χ1n) is 29.0. The van der Waals surface area contributed by atoms with Crippen LogP contribution in [0.2, 0.25) is 0 Å². The van der Waals surface area contributed by atoms with Crippen LogP contribution in [-0.2, 0) is 50.3 Å². The van der Waals surface area contributed by atoms with Gasteiger partial charge in [0, 0.05) is 18.6 Å². The number of ether oxygens (including phenoxy) is 2. The number of nitrogens with one attached hydrogen (secondary N) is 1. The van der Waals surface area contributed by atoms with Gasteiger partial charge in [0.2, 0.25) is 0 Å². The van der Waals surface area contributed by atoms with E-state index in [4.69, 9.17) is 9.47 Å². The number of esters is 2. The molecule has 7 aromatic rings. The molecule has 462 valence electrons. The highest BCUT2D eigenvalue weighted by molar-refractivity contribution is 5.94. The van der Waals surface area contributed by atoms with Gasteiger partial charge >= 0.3 is 17.9 Å². The van der Waals surface area contributed by atoms with E-state index in [1.54, 1.807) is 125 Å². The van der Waals surface area contributed by atoms with Gasteiger partial charge in [0.1, 0.15) is 39.5 Å². The molecule has 19 heteroatoms. The number of aliphatic carboxylic acids is 1. The number of carboxylic acid groups (broad SMARTS) is 1. The Kier molecular flexibility index (Phi) is 20.2. The number of aromatic nitrogens is 6. The minimum Gasteiger partial charge on any atom is -0.480 e. The lowest BCUT2D eigenvalue weighted by molar-refractivity contribution is -0.146. The molecule has 4 aliphatic carbocycles. The van der Waals surface area contributed by atoms with E-state index in [2.05, 4.69) is 29.9 Å². The van der Waals surface area contributed by atoms with Crippen LogP contribution >= 0.6 is 0 Å². The van der Waals surface area contributed by atoms with Gasteiger partial charge in [-0.2, -0.15) is 0 Å². The summed E-state index contributed by atoms with van der Waals surface area (Å²) in [6.07, 6.45) is 21.9. The van der Waals surface area contributed by atoms with E-state index in [9.17, 15) is 47.1 Å². The number of hydrogen-bond acceptors (Lipinski definition) is 13. The van der Waals surface area contributed by atoms with Crippen molar-refractivity contribution < 1.29 is 56.5 Å². The van der Waals surface area contributed by atoms with E-state index in [0.717, 1.165) is 51.5 Å². The number of benzene rings is 4. The highest BCUT2D eigenvalue weighted by Gasteiger charge is 2.47. The van der Waals surface area contributed by atoms with Crippen LogP contribution < -0.4 is 5.48 Å². The van der Waals surface area contributed by atoms with Gasteiger partial charge in [0.25, 0.3) is 5.91 Å². The molecule has 3 aromatic heterocycles. The SMILES string of the molecule is COC(=O)[C@@]1(c2cccc(F)c2C)C=C(C)CC1.COC(=O)[C@@]1(c2cccc(F)c2C)C=C(c2cnc(C)cn2)CC1.Cc1cnc(C2=C[C@@](C(=O)NO)(c3cccc(F)c3C)CC2)cn1.Cc1cnc(C2=C[C@@](C(=O)O)(c3cccc(F)c3C)CC2)cn1. The molecule has 3 heterocycles. The van der Waals surface area contributed by atoms with E-state index in [0.29, 0.717) is 101 Å². The second kappa shape index (κ2) is 27.4. The Morgan fingerprint density at radius 3 is 1.04 bits per heavy atom. The van der Waals surface area contributed by atoms with Gasteiger partial charge in [0.15, 0.2) is 0 Å². The Bertz CT molecular complexity index is 3830. The van der Waals surface area contributed by atoms with Gasteiger partial charge in [-0.1, -0.05) is 78.4 Å². The largest absolute Gasteiger partial charge is 0.480 e. The van der Waals surface area contributed by atoms with Crippen molar-refractivity contribution in [3.63, 3.8) is 0 Å². The third-order valence-electron chi connectivity index (χ3n) is 17.3. The third kappa shape index (κ3) is 13.3. The molecule has 15 nitrogen and oxygen atoms in total. The Hall–Kier alpha value is -9.36. The lowest BCUT2D eigenvalue weighted by atomic mass is 9.77. The number of allylic oxidation sites excluding steroid dienone is 4. The first kappa shape index (κ1) is 65.6. The van der Waals surface area contributed by atoms with E-state index in [1.165, 1.54) is 38.5 Å². The van der Waals surface area contributed by atoms with Crippen LogP contribution in [0, 0.1) is 71.7 Å². The molecule has 0 aliphatic heterocycles. The number of carboxylic acids is 1. The number of nitrogens with zero attached hydrogens (tertiary/aromatic N) is 6. The Labute approximate surface area is 514 Å². The number of aryl methyl sites for hydroxylation is 3. The molecule has 4 aromatic carbocycles. The summed E-state index contributed by atoms with van der Waals surface area (Å²) in [4.78, 5) is 75.0. The maximum atomic E-state index is 14.0. The monoisotopic (exact) mass is 1210 g/mol. The van der Waals surface area contributed by atoms with Crippen molar-refractivity contribution in [3.8, 4) is 0 Å². The molecule has 4 atom stereocenters. The molecule has 0 saturated carbocycles. The molecular weight excluding hydrogens is 1140 g/mol. The topological polar surface area (TPSA) is 217 Å². The highest BCUT2D eigenvalue weighted by Crippen LogP contribution is 2.48. The maximum absolute atomic E-state index is 14.0. The molecular formula is C70H71F4N7O8. The second-order valence-electron chi connectivity index (χ2n) is 22.9. The molecule has 0 spiro atoms. The number of halogens is 4. The molecule has 4 aliphatic rings. The van der Waals surface area contributed by atoms with Crippen molar-refractivity contribution in [2.75, 3.05) is 14.2 Å². The Morgan fingerprint density at radius 2 is 0.730 bits per heavy atom. The minimum atomic E-state index is -1.21. The van der Waals surface area contributed by atoms with Crippen molar-refractivity contribution >= 4 is 40.5 Å². The smallest absolute Gasteiger partial charge is 0.320 e. The van der Waals surface area contributed by atoms with Crippen LogP contribution in [0.25, 0.3) is 16.7 Å². The zero-order valence-corrected chi connectivity index (χ0v) is 51.4. The third-order valence-corrected chi connectivity index (χ3v) is 17.3. The summed E-state index contributed by atoms with van der Waals surface area (Å²) < 4.78 is 65.6. The highest BCUT2D eigenvalue weighted by atomic mass is 19.1. The van der Waals surface area contributed by atoms with Crippen LogP contribution in [0.5, 0.6) is 0 Å². The summed E-state index contributed by atoms with van der Waals surface area (Å²) in [5.41, 5.74) is 10.1. The number of hydrogen-bond donors (Lipinski definition) is 3. The van der Waals surface area contributed by atoms with Gasteiger partial charge < -0.3 is 14.6 Å². The van der Waals surface area contributed by atoms with Crippen LogP contribution in [0.1, 0.15) is 137 Å². The molecule has 0 unspecified atom stereocenters. The number of hydroxylamine groups is 1.